The summed E-state index contributed by atoms with van der Waals surface area (Å²) in [5, 5.41) is 10.6. The van der Waals surface area contributed by atoms with Gasteiger partial charge in [-0.2, -0.15) is 5.10 Å². The minimum atomic E-state index is -0.193. The summed E-state index contributed by atoms with van der Waals surface area (Å²) in [6.07, 6.45) is 1.82. The van der Waals surface area contributed by atoms with Crippen molar-refractivity contribution in [2.45, 2.75) is 0 Å². The molecule has 3 rings (SSSR count). The summed E-state index contributed by atoms with van der Waals surface area (Å²) in [7, 11) is 3.43. The Morgan fingerprint density at radius 1 is 1.40 bits per heavy atom. The summed E-state index contributed by atoms with van der Waals surface area (Å²) in [6, 6.07) is 9.10. The average molecular weight is 270 g/mol. The van der Waals surface area contributed by atoms with E-state index in [1.54, 1.807) is 17.7 Å². The van der Waals surface area contributed by atoms with Crippen molar-refractivity contribution in [3.63, 3.8) is 0 Å². The summed E-state index contributed by atoms with van der Waals surface area (Å²) < 4.78 is 6.91. The fourth-order valence-electron chi connectivity index (χ4n) is 2.09. The highest BCUT2D eigenvalue weighted by atomic mass is 16.5. The van der Waals surface area contributed by atoms with E-state index in [0.29, 0.717) is 11.5 Å². The summed E-state index contributed by atoms with van der Waals surface area (Å²) in [6.45, 7) is 0. The molecule has 0 atom stereocenters. The molecule has 102 valence electrons. The molecule has 0 saturated heterocycles. The van der Waals surface area contributed by atoms with Gasteiger partial charge in [0.15, 0.2) is 5.82 Å². The van der Waals surface area contributed by atoms with Crippen LogP contribution < -0.4 is 10.1 Å². The Morgan fingerprint density at radius 2 is 2.25 bits per heavy atom. The lowest BCUT2D eigenvalue weighted by Gasteiger charge is -2.04. The number of nitrogens with one attached hydrogen (secondary N) is 2. The van der Waals surface area contributed by atoms with Crippen molar-refractivity contribution in [1.29, 1.82) is 0 Å². The minimum Gasteiger partial charge on any atom is -0.497 e. The maximum Gasteiger partial charge on any atom is 0.273 e. The Bertz CT molecular complexity index is 772. The Balaban J connectivity index is 1.92. The third kappa shape index (κ3) is 2.01. The summed E-state index contributed by atoms with van der Waals surface area (Å²) in [4.78, 5) is 12.2. The molecule has 2 N–H and O–H groups in total. The molecule has 0 radical (unpaired) electrons. The molecule has 2 heterocycles. The number of H-pyrrole nitrogens is 1. The zero-order chi connectivity index (χ0) is 14.1. The first-order valence-corrected chi connectivity index (χ1v) is 6.14. The number of anilines is 1. The molecule has 6 heteroatoms. The van der Waals surface area contributed by atoms with Gasteiger partial charge in [0, 0.05) is 24.7 Å². The van der Waals surface area contributed by atoms with Crippen molar-refractivity contribution in [3.8, 4) is 5.75 Å². The van der Waals surface area contributed by atoms with E-state index in [4.69, 9.17) is 4.74 Å². The number of hydrogen-bond acceptors (Lipinski definition) is 3. The van der Waals surface area contributed by atoms with Gasteiger partial charge < -0.3 is 14.6 Å². The molecule has 0 aliphatic heterocycles. The highest BCUT2D eigenvalue weighted by Gasteiger charge is 2.13. The Morgan fingerprint density at radius 3 is 2.95 bits per heavy atom. The zero-order valence-electron chi connectivity index (χ0n) is 11.2. The van der Waals surface area contributed by atoms with Crippen LogP contribution >= 0.6 is 0 Å². The number of nitrogens with zero attached hydrogens (tertiary/aromatic N) is 2. The van der Waals surface area contributed by atoms with Crippen molar-refractivity contribution in [3.05, 3.63) is 42.2 Å². The molecule has 0 aliphatic carbocycles. The van der Waals surface area contributed by atoms with Crippen LogP contribution in [0, 0.1) is 0 Å². The number of fused-ring (bicyclic) bond motifs is 1. The summed E-state index contributed by atoms with van der Waals surface area (Å²) in [5.74, 6) is 1.05. The highest BCUT2D eigenvalue weighted by Crippen LogP contribution is 2.24. The topological polar surface area (TPSA) is 71.9 Å². The van der Waals surface area contributed by atoms with Crippen LogP contribution in [0.4, 0.5) is 5.82 Å². The van der Waals surface area contributed by atoms with E-state index in [2.05, 4.69) is 15.5 Å². The fourth-order valence-corrected chi connectivity index (χ4v) is 2.09. The Labute approximate surface area is 115 Å². The quantitative estimate of drug-likeness (QED) is 0.766. The predicted molar refractivity (Wildman–Crippen MR) is 76.0 cm³/mol. The number of methoxy groups -OCH3 is 1. The number of aromatic amines is 1. The van der Waals surface area contributed by atoms with Crippen molar-refractivity contribution in [2.24, 2.45) is 7.05 Å². The third-order valence-corrected chi connectivity index (χ3v) is 3.18. The van der Waals surface area contributed by atoms with E-state index in [-0.39, 0.29) is 5.91 Å². The monoisotopic (exact) mass is 270 g/mol. The average Bonchev–Trinajstić information content (AvgIpc) is 3.05. The van der Waals surface area contributed by atoms with Crippen LogP contribution in [0.3, 0.4) is 0 Å². The highest BCUT2D eigenvalue weighted by molar-refractivity contribution is 6.07. The van der Waals surface area contributed by atoms with Crippen molar-refractivity contribution in [2.75, 3.05) is 12.4 Å². The lowest BCUT2D eigenvalue weighted by atomic mass is 10.2. The number of carbonyl (C=O) groups excluding carboxylic acids is 1. The number of carbonyl (C=O) groups is 1. The van der Waals surface area contributed by atoms with E-state index >= 15 is 0 Å². The van der Waals surface area contributed by atoms with Gasteiger partial charge in [0.1, 0.15) is 11.4 Å². The minimum absolute atomic E-state index is 0.193. The molecule has 20 heavy (non-hydrogen) atoms. The molecule has 0 fully saturated rings. The summed E-state index contributed by atoms with van der Waals surface area (Å²) >= 11 is 0. The van der Waals surface area contributed by atoms with Crippen LogP contribution in [0.1, 0.15) is 10.5 Å². The molecule has 0 aliphatic rings. The molecule has 6 nitrogen and oxygen atoms in total. The molecule has 3 aromatic rings. The normalized spacial score (nSPS) is 10.7. The molecule has 0 bridgehead atoms. The van der Waals surface area contributed by atoms with E-state index in [1.807, 2.05) is 37.5 Å². The van der Waals surface area contributed by atoms with Gasteiger partial charge in [-0.25, -0.2) is 0 Å². The van der Waals surface area contributed by atoms with Crippen LogP contribution in [0.15, 0.2) is 36.5 Å². The third-order valence-electron chi connectivity index (χ3n) is 3.18. The van der Waals surface area contributed by atoms with Gasteiger partial charge in [-0.3, -0.25) is 9.89 Å². The van der Waals surface area contributed by atoms with E-state index < -0.39 is 0 Å². The van der Waals surface area contributed by atoms with Crippen molar-refractivity contribution in [1.82, 2.24) is 14.8 Å². The van der Waals surface area contributed by atoms with Gasteiger partial charge in [-0.1, -0.05) is 0 Å². The lowest BCUT2D eigenvalue weighted by molar-refractivity contribution is 0.101. The predicted octanol–water partition coefficient (Wildman–Crippen LogP) is 2.16. The molecule has 0 spiro atoms. The largest absolute Gasteiger partial charge is 0.497 e. The summed E-state index contributed by atoms with van der Waals surface area (Å²) in [5.41, 5.74) is 1.39. The second-order valence-electron chi connectivity index (χ2n) is 4.44. The van der Waals surface area contributed by atoms with Crippen LogP contribution in [-0.4, -0.2) is 27.8 Å². The number of aryl methyl sites for hydroxylation is 1. The fraction of sp³-hybridized carbons (Fsp3) is 0.143. The van der Waals surface area contributed by atoms with Gasteiger partial charge in [0.05, 0.1) is 12.6 Å². The number of aromatic nitrogens is 3. The number of ether oxygens (including phenoxy) is 1. The smallest absolute Gasteiger partial charge is 0.273 e. The molecular weight excluding hydrogens is 256 g/mol. The number of benzene rings is 1. The van der Waals surface area contributed by atoms with E-state index in [1.165, 1.54) is 0 Å². The standard InChI is InChI=1S/C14H14N4O2/c1-18-7-3-4-12(18)14(19)15-13-10-6-5-9(20-2)8-11(10)16-17-13/h3-8H,1-2H3,(H2,15,16,17,19). The number of amides is 1. The first-order valence-electron chi connectivity index (χ1n) is 6.14. The number of rotatable bonds is 3. The van der Waals surface area contributed by atoms with Gasteiger partial charge >= 0.3 is 0 Å². The zero-order valence-corrected chi connectivity index (χ0v) is 11.2. The van der Waals surface area contributed by atoms with Crippen LogP contribution in [0.2, 0.25) is 0 Å². The maximum atomic E-state index is 12.2. The molecule has 1 amide bonds. The SMILES string of the molecule is COc1ccc2c(NC(=O)c3cccn3C)n[nH]c2c1. The van der Waals surface area contributed by atoms with Gasteiger partial charge in [0.2, 0.25) is 0 Å². The molecule has 0 saturated carbocycles. The second-order valence-corrected chi connectivity index (χ2v) is 4.44. The van der Waals surface area contributed by atoms with E-state index in [0.717, 1.165) is 16.7 Å². The molecular formula is C14H14N4O2. The first-order chi connectivity index (χ1) is 9.69. The molecule has 1 aromatic carbocycles. The van der Waals surface area contributed by atoms with Crippen molar-refractivity contribution < 1.29 is 9.53 Å². The van der Waals surface area contributed by atoms with Gasteiger partial charge in [-0.05, 0) is 24.3 Å². The first kappa shape index (κ1) is 12.3. The van der Waals surface area contributed by atoms with Crippen LogP contribution in [0.25, 0.3) is 10.9 Å². The molecule has 2 aromatic heterocycles. The number of hydrogen-bond donors (Lipinski definition) is 2. The Hall–Kier alpha value is -2.76. The van der Waals surface area contributed by atoms with Crippen LogP contribution in [0.5, 0.6) is 5.75 Å². The maximum absolute atomic E-state index is 12.2. The van der Waals surface area contributed by atoms with E-state index in [9.17, 15) is 4.79 Å². The molecule has 0 unspecified atom stereocenters. The van der Waals surface area contributed by atoms with Gasteiger partial charge in [0.25, 0.3) is 5.91 Å². The second kappa shape index (κ2) is 4.73. The van der Waals surface area contributed by atoms with Crippen LogP contribution in [-0.2, 0) is 7.05 Å². The van der Waals surface area contributed by atoms with Gasteiger partial charge in [-0.15, -0.1) is 0 Å². The van der Waals surface area contributed by atoms with Crippen molar-refractivity contribution >= 4 is 22.6 Å². The lowest BCUT2D eigenvalue weighted by Crippen LogP contribution is -2.15. The Kier molecular flexibility index (Phi) is 2.90.